The molecule has 1 N–H and O–H groups in total. The molecule has 3 rings (SSSR count). The van der Waals surface area contributed by atoms with E-state index >= 15 is 0 Å². The molecular formula is C18H18N2OS. The second-order valence-electron chi connectivity index (χ2n) is 5.49. The number of rotatable bonds is 5. The summed E-state index contributed by atoms with van der Waals surface area (Å²) in [5, 5.41) is 13.6. The third-order valence-electron chi connectivity index (χ3n) is 4.02. The van der Waals surface area contributed by atoms with E-state index in [9.17, 15) is 10.1 Å². The number of anilines is 1. The van der Waals surface area contributed by atoms with Gasteiger partial charge < -0.3 is 5.32 Å². The summed E-state index contributed by atoms with van der Waals surface area (Å²) in [5.74, 6) is 0.132. The molecule has 1 heterocycles. The second-order valence-corrected chi connectivity index (χ2v) is 6.60. The van der Waals surface area contributed by atoms with Gasteiger partial charge in [-0.15, -0.1) is 11.3 Å². The van der Waals surface area contributed by atoms with Gasteiger partial charge in [-0.05, 0) is 31.2 Å². The lowest BCUT2D eigenvalue weighted by Gasteiger charge is -2.09. The molecule has 1 aliphatic carbocycles. The lowest BCUT2D eigenvalue weighted by molar-refractivity contribution is 0.0986. The Labute approximate surface area is 134 Å². The first-order chi connectivity index (χ1) is 10.8. The molecule has 4 heteroatoms. The number of benzene rings is 1. The summed E-state index contributed by atoms with van der Waals surface area (Å²) in [7, 11) is 0. The Balaban J connectivity index is 1.64. The summed E-state index contributed by atoms with van der Waals surface area (Å²) in [4.78, 5) is 13.4. The predicted molar refractivity (Wildman–Crippen MR) is 89.6 cm³/mol. The van der Waals surface area contributed by atoms with Crippen molar-refractivity contribution in [2.24, 2.45) is 0 Å². The number of Topliss-reactive ketones (excluding diaryl/α,β-unsaturated/α-hetero) is 1. The van der Waals surface area contributed by atoms with E-state index < -0.39 is 0 Å². The molecule has 0 saturated carbocycles. The first-order valence-corrected chi connectivity index (χ1v) is 8.48. The van der Waals surface area contributed by atoms with Gasteiger partial charge in [0.25, 0.3) is 0 Å². The molecule has 0 fully saturated rings. The molecular weight excluding hydrogens is 292 g/mol. The van der Waals surface area contributed by atoms with E-state index in [1.54, 1.807) is 11.3 Å². The Kier molecular flexibility index (Phi) is 4.55. The van der Waals surface area contributed by atoms with Crippen molar-refractivity contribution in [3.05, 3.63) is 51.9 Å². The number of aryl methyl sites for hydroxylation is 1. The van der Waals surface area contributed by atoms with Gasteiger partial charge in [0.05, 0.1) is 5.56 Å². The molecule has 1 aromatic heterocycles. The number of nitriles is 1. The van der Waals surface area contributed by atoms with Crippen molar-refractivity contribution < 1.29 is 4.79 Å². The van der Waals surface area contributed by atoms with E-state index in [1.807, 2.05) is 30.3 Å². The number of nitrogens with zero attached hydrogens (tertiary/aromatic N) is 1. The van der Waals surface area contributed by atoms with E-state index in [1.165, 1.54) is 23.3 Å². The van der Waals surface area contributed by atoms with Crippen LogP contribution in [0.3, 0.4) is 0 Å². The molecule has 0 bridgehead atoms. The molecule has 0 radical (unpaired) electrons. The van der Waals surface area contributed by atoms with E-state index in [4.69, 9.17) is 0 Å². The molecule has 112 valence electrons. The average molecular weight is 310 g/mol. The minimum Gasteiger partial charge on any atom is -0.375 e. The maximum Gasteiger partial charge on any atom is 0.164 e. The summed E-state index contributed by atoms with van der Waals surface area (Å²) in [6, 6.07) is 11.7. The summed E-state index contributed by atoms with van der Waals surface area (Å²) in [6.07, 6.45) is 4.92. The predicted octanol–water partition coefficient (Wildman–Crippen LogP) is 4.18. The first kappa shape index (κ1) is 14.8. The maximum absolute atomic E-state index is 12.1. The topological polar surface area (TPSA) is 52.9 Å². The molecule has 22 heavy (non-hydrogen) atoms. The fraction of sp³-hybridized carbons (Fsp3) is 0.333. The standard InChI is InChI=1S/C18H18N2OS/c19-12-15-14-8-4-5-9-17(14)22-18(15)20-11-10-16(21)13-6-2-1-3-7-13/h1-3,6-7,20H,4-5,8-11H2. The summed E-state index contributed by atoms with van der Waals surface area (Å²) >= 11 is 1.69. The zero-order valence-electron chi connectivity index (χ0n) is 12.4. The summed E-state index contributed by atoms with van der Waals surface area (Å²) in [6.45, 7) is 0.571. The van der Waals surface area contributed by atoms with Gasteiger partial charge in [0.2, 0.25) is 0 Å². The Morgan fingerprint density at radius 1 is 1.23 bits per heavy atom. The highest BCUT2D eigenvalue weighted by molar-refractivity contribution is 7.16. The summed E-state index contributed by atoms with van der Waals surface area (Å²) in [5.41, 5.74) is 2.78. The molecule has 0 unspecified atom stereocenters. The van der Waals surface area contributed by atoms with Crippen LogP contribution in [-0.4, -0.2) is 12.3 Å². The van der Waals surface area contributed by atoms with Gasteiger partial charge in [0.1, 0.15) is 11.1 Å². The van der Waals surface area contributed by atoms with Gasteiger partial charge in [0, 0.05) is 23.4 Å². The van der Waals surface area contributed by atoms with Crippen molar-refractivity contribution in [2.75, 3.05) is 11.9 Å². The maximum atomic E-state index is 12.1. The minimum atomic E-state index is 0.132. The number of hydrogen-bond acceptors (Lipinski definition) is 4. The van der Waals surface area contributed by atoms with E-state index in [2.05, 4.69) is 11.4 Å². The number of nitrogens with one attached hydrogen (secondary N) is 1. The van der Waals surface area contributed by atoms with Crippen molar-refractivity contribution in [1.82, 2.24) is 0 Å². The lowest BCUT2D eigenvalue weighted by Crippen LogP contribution is -2.08. The molecule has 1 aliphatic rings. The van der Waals surface area contributed by atoms with Gasteiger partial charge in [-0.3, -0.25) is 4.79 Å². The smallest absolute Gasteiger partial charge is 0.164 e. The van der Waals surface area contributed by atoms with Crippen molar-refractivity contribution in [3.63, 3.8) is 0 Å². The van der Waals surface area contributed by atoms with E-state index in [-0.39, 0.29) is 5.78 Å². The normalized spacial score (nSPS) is 13.2. The van der Waals surface area contributed by atoms with Crippen LogP contribution in [0.15, 0.2) is 30.3 Å². The van der Waals surface area contributed by atoms with Crippen LogP contribution in [0.2, 0.25) is 0 Å². The molecule has 0 amide bonds. The zero-order valence-corrected chi connectivity index (χ0v) is 13.2. The van der Waals surface area contributed by atoms with Crippen molar-refractivity contribution >= 4 is 22.1 Å². The SMILES string of the molecule is N#Cc1c(NCCC(=O)c2ccccc2)sc2c1CCCC2. The molecule has 0 saturated heterocycles. The number of thiophene rings is 1. The summed E-state index contributed by atoms with van der Waals surface area (Å²) < 4.78 is 0. The quantitative estimate of drug-likeness (QED) is 0.843. The number of hydrogen-bond donors (Lipinski definition) is 1. The van der Waals surface area contributed by atoms with Crippen molar-refractivity contribution in [2.45, 2.75) is 32.1 Å². The molecule has 2 aromatic rings. The van der Waals surface area contributed by atoms with Gasteiger partial charge in [-0.1, -0.05) is 30.3 Å². The van der Waals surface area contributed by atoms with Gasteiger partial charge in [0.15, 0.2) is 5.78 Å². The number of fused-ring (bicyclic) bond motifs is 1. The molecule has 0 spiro atoms. The van der Waals surface area contributed by atoms with Gasteiger partial charge >= 0.3 is 0 Å². The molecule has 0 aliphatic heterocycles. The third kappa shape index (κ3) is 3.05. The number of carbonyl (C=O) groups is 1. The lowest BCUT2D eigenvalue weighted by atomic mass is 9.96. The van der Waals surface area contributed by atoms with Crippen LogP contribution >= 0.6 is 11.3 Å². The average Bonchev–Trinajstić information content (AvgIpc) is 2.93. The van der Waals surface area contributed by atoms with Crippen LogP contribution in [0.5, 0.6) is 0 Å². The Morgan fingerprint density at radius 2 is 2.00 bits per heavy atom. The molecule has 1 aromatic carbocycles. The number of ketones is 1. The van der Waals surface area contributed by atoms with Crippen LogP contribution in [0, 0.1) is 11.3 Å². The van der Waals surface area contributed by atoms with Gasteiger partial charge in [-0.25, -0.2) is 0 Å². The Hall–Kier alpha value is -2.12. The minimum absolute atomic E-state index is 0.132. The number of carbonyl (C=O) groups excluding carboxylic acids is 1. The van der Waals surface area contributed by atoms with Crippen LogP contribution < -0.4 is 5.32 Å². The van der Waals surface area contributed by atoms with E-state index in [0.29, 0.717) is 13.0 Å². The first-order valence-electron chi connectivity index (χ1n) is 7.66. The fourth-order valence-corrected chi connectivity index (χ4v) is 4.13. The van der Waals surface area contributed by atoms with Gasteiger partial charge in [-0.2, -0.15) is 5.26 Å². The van der Waals surface area contributed by atoms with Crippen LogP contribution in [0.25, 0.3) is 0 Å². The highest BCUT2D eigenvalue weighted by Gasteiger charge is 2.20. The largest absolute Gasteiger partial charge is 0.375 e. The van der Waals surface area contributed by atoms with Crippen LogP contribution in [0.1, 0.15) is 45.6 Å². The molecule has 3 nitrogen and oxygen atoms in total. The highest BCUT2D eigenvalue weighted by atomic mass is 32.1. The van der Waals surface area contributed by atoms with Crippen LogP contribution in [0.4, 0.5) is 5.00 Å². The van der Waals surface area contributed by atoms with Crippen LogP contribution in [-0.2, 0) is 12.8 Å². The van der Waals surface area contributed by atoms with Crippen molar-refractivity contribution in [1.29, 1.82) is 5.26 Å². The van der Waals surface area contributed by atoms with Crippen molar-refractivity contribution in [3.8, 4) is 6.07 Å². The highest BCUT2D eigenvalue weighted by Crippen LogP contribution is 2.37. The third-order valence-corrected chi connectivity index (χ3v) is 5.27. The monoisotopic (exact) mass is 310 g/mol. The fourth-order valence-electron chi connectivity index (χ4n) is 2.87. The Bertz CT molecular complexity index is 713. The molecule has 0 atom stereocenters. The second kappa shape index (κ2) is 6.76. The Morgan fingerprint density at radius 3 is 2.77 bits per heavy atom. The van der Waals surface area contributed by atoms with E-state index in [0.717, 1.165) is 29.0 Å². The zero-order chi connectivity index (χ0) is 15.4.